The van der Waals surface area contributed by atoms with Crippen molar-refractivity contribution in [2.45, 2.75) is 13.3 Å². The van der Waals surface area contributed by atoms with Gasteiger partial charge >= 0.3 is 0 Å². The van der Waals surface area contributed by atoms with Crippen LogP contribution in [0.25, 0.3) is 0 Å². The van der Waals surface area contributed by atoms with Crippen LogP contribution in [-0.2, 0) is 11.2 Å². The highest BCUT2D eigenvalue weighted by atomic mass is 16.5. The molecule has 0 spiro atoms. The van der Waals surface area contributed by atoms with Gasteiger partial charge in [-0.3, -0.25) is 14.5 Å². The number of morpholine rings is 1. The number of amides is 2. The Morgan fingerprint density at radius 1 is 0.964 bits per heavy atom. The molecule has 0 radical (unpaired) electrons. The van der Waals surface area contributed by atoms with Crippen molar-refractivity contribution in [1.29, 1.82) is 0 Å². The van der Waals surface area contributed by atoms with E-state index in [2.05, 4.69) is 22.5 Å². The van der Waals surface area contributed by atoms with Crippen LogP contribution in [0, 0.1) is 0 Å². The number of rotatable bonds is 7. The topological polar surface area (TPSA) is 70.7 Å². The van der Waals surface area contributed by atoms with Crippen molar-refractivity contribution in [1.82, 2.24) is 10.2 Å². The second-order valence-electron chi connectivity index (χ2n) is 6.75. The van der Waals surface area contributed by atoms with Crippen LogP contribution in [0.5, 0.6) is 0 Å². The number of nitrogens with zero attached hydrogens (tertiary/aromatic N) is 1. The number of hydrogen-bond acceptors (Lipinski definition) is 4. The molecule has 2 aromatic carbocycles. The van der Waals surface area contributed by atoms with Crippen LogP contribution >= 0.6 is 0 Å². The van der Waals surface area contributed by atoms with Gasteiger partial charge in [0.2, 0.25) is 0 Å². The Morgan fingerprint density at radius 2 is 1.61 bits per heavy atom. The summed E-state index contributed by atoms with van der Waals surface area (Å²) in [6, 6.07) is 14.5. The van der Waals surface area contributed by atoms with Gasteiger partial charge < -0.3 is 15.4 Å². The van der Waals surface area contributed by atoms with Crippen LogP contribution in [0.4, 0.5) is 5.69 Å². The Balaban J connectivity index is 1.52. The maximum atomic E-state index is 12.5. The fourth-order valence-corrected chi connectivity index (χ4v) is 3.17. The first-order valence-corrected chi connectivity index (χ1v) is 9.75. The number of anilines is 1. The molecule has 0 aromatic heterocycles. The SMILES string of the molecule is CCc1ccccc1NC(=O)c1ccc(C(=O)NCCN2CCOCC2)cc1. The standard InChI is InChI=1S/C22H27N3O3/c1-2-17-5-3-4-6-20(17)24-22(27)19-9-7-18(8-10-19)21(26)23-11-12-25-13-15-28-16-14-25/h3-10H,2,11-16H2,1H3,(H,23,26)(H,24,27). The summed E-state index contributed by atoms with van der Waals surface area (Å²) in [7, 11) is 0. The summed E-state index contributed by atoms with van der Waals surface area (Å²) in [4.78, 5) is 27.0. The average molecular weight is 381 g/mol. The molecular formula is C22H27N3O3. The van der Waals surface area contributed by atoms with E-state index < -0.39 is 0 Å². The molecule has 28 heavy (non-hydrogen) atoms. The number of aryl methyl sites for hydroxylation is 1. The van der Waals surface area contributed by atoms with Crippen molar-refractivity contribution < 1.29 is 14.3 Å². The maximum absolute atomic E-state index is 12.5. The first kappa shape index (κ1) is 20.0. The van der Waals surface area contributed by atoms with Gasteiger partial charge in [-0.25, -0.2) is 0 Å². The second kappa shape index (κ2) is 10.0. The summed E-state index contributed by atoms with van der Waals surface area (Å²) in [6.07, 6.45) is 0.847. The molecular weight excluding hydrogens is 354 g/mol. The Hall–Kier alpha value is -2.70. The number of carbonyl (C=O) groups is 2. The average Bonchev–Trinajstić information content (AvgIpc) is 2.75. The summed E-state index contributed by atoms with van der Waals surface area (Å²) in [5.74, 6) is -0.309. The van der Waals surface area contributed by atoms with Crippen molar-refractivity contribution in [2.24, 2.45) is 0 Å². The zero-order valence-corrected chi connectivity index (χ0v) is 16.2. The van der Waals surface area contributed by atoms with E-state index in [4.69, 9.17) is 4.74 Å². The first-order chi connectivity index (χ1) is 13.7. The van der Waals surface area contributed by atoms with Crippen LogP contribution in [0.3, 0.4) is 0 Å². The number of para-hydroxylation sites is 1. The summed E-state index contributed by atoms with van der Waals surface area (Å²) in [5, 5.41) is 5.87. The molecule has 1 aliphatic rings. The minimum atomic E-state index is -0.180. The summed E-state index contributed by atoms with van der Waals surface area (Å²) in [5.41, 5.74) is 2.98. The zero-order chi connectivity index (χ0) is 19.8. The third-order valence-electron chi connectivity index (χ3n) is 4.87. The van der Waals surface area contributed by atoms with Crippen LogP contribution in [-0.4, -0.2) is 56.1 Å². The van der Waals surface area contributed by atoms with Gasteiger partial charge in [0, 0.05) is 43.0 Å². The zero-order valence-electron chi connectivity index (χ0n) is 16.2. The summed E-state index contributed by atoms with van der Waals surface area (Å²) in [6.45, 7) is 6.76. The van der Waals surface area contributed by atoms with Gasteiger partial charge in [-0.1, -0.05) is 25.1 Å². The van der Waals surface area contributed by atoms with Crippen LogP contribution < -0.4 is 10.6 Å². The monoisotopic (exact) mass is 381 g/mol. The van der Waals surface area contributed by atoms with E-state index in [0.29, 0.717) is 17.7 Å². The van der Waals surface area contributed by atoms with E-state index in [1.807, 2.05) is 24.3 Å². The Bertz CT molecular complexity index is 799. The lowest BCUT2D eigenvalue weighted by Crippen LogP contribution is -2.41. The molecule has 6 heteroatoms. The molecule has 0 atom stereocenters. The van der Waals surface area contributed by atoms with Crippen LogP contribution in [0.2, 0.25) is 0 Å². The van der Waals surface area contributed by atoms with Gasteiger partial charge in [0.15, 0.2) is 0 Å². The largest absolute Gasteiger partial charge is 0.379 e. The lowest BCUT2D eigenvalue weighted by molar-refractivity contribution is 0.0383. The molecule has 1 saturated heterocycles. The maximum Gasteiger partial charge on any atom is 0.255 e. The molecule has 0 aliphatic carbocycles. The van der Waals surface area contributed by atoms with Gasteiger partial charge in [0.25, 0.3) is 11.8 Å². The van der Waals surface area contributed by atoms with Crippen molar-refractivity contribution in [3.8, 4) is 0 Å². The van der Waals surface area contributed by atoms with Gasteiger partial charge in [0.05, 0.1) is 13.2 Å². The summed E-state index contributed by atoms with van der Waals surface area (Å²) >= 11 is 0. The molecule has 0 saturated carbocycles. The highest BCUT2D eigenvalue weighted by Crippen LogP contribution is 2.17. The number of nitrogens with one attached hydrogen (secondary N) is 2. The molecule has 0 bridgehead atoms. The van der Waals surface area contributed by atoms with E-state index in [-0.39, 0.29) is 11.8 Å². The van der Waals surface area contributed by atoms with E-state index >= 15 is 0 Å². The number of ether oxygens (including phenoxy) is 1. The predicted octanol–water partition coefficient (Wildman–Crippen LogP) is 2.56. The fraction of sp³-hybridized carbons (Fsp3) is 0.364. The molecule has 1 heterocycles. The lowest BCUT2D eigenvalue weighted by Gasteiger charge is -2.26. The lowest BCUT2D eigenvalue weighted by atomic mass is 10.1. The Kier molecular flexibility index (Phi) is 7.17. The Labute approximate surface area is 165 Å². The quantitative estimate of drug-likeness (QED) is 0.773. The third kappa shape index (κ3) is 5.41. The van der Waals surface area contributed by atoms with Crippen LogP contribution in [0.15, 0.2) is 48.5 Å². The van der Waals surface area contributed by atoms with E-state index in [1.54, 1.807) is 24.3 Å². The number of carbonyl (C=O) groups excluding carboxylic acids is 2. The van der Waals surface area contributed by atoms with Gasteiger partial charge in [-0.2, -0.15) is 0 Å². The predicted molar refractivity (Wildman–Crippen MR) is 110 cm³/mol. The minimum absolute atomic E-state index is 0.128. The van der Waals surface area contributed by atoms with Crippen LogP contribution in [0.1, 0.15) is 33.2 Å². The van der Waals surface area contributed by atoms with Gasteiger partial charge in [-0.05, 0) is 42.3 Å². The molecule has 1 aliphatic heterocycles. The molecule has 0 unspecified atom stereocenters. The van der Waals surface area contributed by atoms with Gasteiger partial charge in [0.1, 0.15) is 0 Å². The van der Waals surface area contributed by atoms with Crippen molar-refractivity contribution in [3.05, 3.63) is 65.2 Å². The van der Waals surface area contributed by atoms with Crippen molar-refractivity contribution >= 4 is 17.5 Å². The summed E-state index contributed by atoms with van der Waals surface area (Å²) < 4.78 is 5.32. The van der Waals surface area contributed by atoms with E-state index in [9.17, 15) is 9.59 Å². The highest BCUT2D eigenvalue weighted by Gasteiger charge is 2.12. The molecule has 3 rings (SSSR count). The molecule has 2 amide bonds. The smallest absolute Gasteiger partial charge is 0.255 e. The molecule has 148 valence electrons. The van der Waals surface area contributed by atoms with E-state index in [1.165, 1.54) is 0 Å². The minimum Gasteiger partial charge on any atom is -0.379 e. The molecule has 2 N–H and O–H groups in total. The van der Waals surface area contributed by atoms with Gasteiger partial charge in [-0.15, -0.1) is 0 Å². The van der Waals surface area contributed by atoms with Crippen molar-refractivity contribution in [3.63, 3.8) is 0 Å². The normalized spacial score (nSPS) is 14.5. The molecule has 6 nitrogen and oxygen atoms in total. The first-order valence-electron chi connectivity index (χ1n) is 9.75. The molecule has 2 aromatic rings. The highest BCUT2D eigenvalue weighted by molar-refractivity contribution is 6.05. The third-order valence-corrected chi connectivity index (χ3v) is 4.87. The second-order valence-corrected chi connectivity index (χ2v) is 6.75. The number of benzene rings is 2. The van der Waals surface area contributed by atoms with Crippen molar-refractivity contribution in [2.75, 3.05) is 44.7 Å². The fourth-order valence-electron chi connectivity index (χ4n) is 3.17. The Morgan fingerprint density at radius 3 is 2.29 bits per heavy atom. The van der Waals surface area contributed by atoms with E-state index in [0.717, 1.165) is 50.5 Å². The molecule has 1 fully saturated rings. The number of hydrogen-bond donors (Lipinski definition) is 2.